The van der Waals surface area contributed by atoms with E-state index in [2.05, 4.69) is 38.6 Å². The number of nitrogens with one attached hydrogen (secondary N) is 1. The van der Waals surface area contributed by atoms with Gasteiger partial charge >= 0.3 is 0 Å². The van der Waals surface area contributed by atoms with Crippen molar-refractivity contribution < 1.29 is 0 Å². The van der Waals surface area contributed by atoms with Crippen molar-refractivity contribution in [2.75, 3.05) is 45.6 Å². The van der Waals surface area contributed by atoms with Crippen molar-refractivity contribution in [3.05, 3.63) is 5.82 Å². The van der Waals surface area contributed by atoms with Crippen molar-refractivity contribution in [3.63, 3.8) is 0 Å². The van der Waals surface area contributed by atoms with Crippen molar-refractivity contribution in [2.24, 2.45) is 0 Å². The maximum absolute atomic E-state index is 4.56. The first-order chi connectivity index (χ1) is 8.72. The van der Waals surface area contributed by atoms with Crippen LogP contribution in [0.15, 0.2) is 0 Å². The Hall–Kier alpha value is -0.720. The minimum absolute atomic E-state index is 0.567. The molecule has 1 aromatic rings. The van der Waals surface area contributed by atoms with Crippen molar-refractivity contribution in [2.45, 2.75) is 24.8 Å². The average molecular weight is 267 g/mol. The molecule has 2 fully saturated rings. The fourth-order valence-corrected chi connectivity index (χ4v) is 2.99. The first-order valence-corrected chi connectivity index (χ1v) is 7.46. The van der Waals surface area contributed by atoms with Crippen LogP contribution < -0.4 is 5.32 Å². The van der Waals surface area contributed by atoms with E-state index in [1.165, 1.54) is 24.4 Å². The molecule has 1 atom stereocenters. The zero-order chi connectivity index (χ0) is 12.5. The van der Waals surface area contributed by atoms with E-state index in [-0.39, 0.29) is 0 Å². The topological polar surface area (TPSA) is 44.3 Å². The lowest BCUT2D eigenvalue weighted by Gasteiger charge is -2.37. The fourth-order valence-electron chi connectivity index (χ4n) is 2.34. The summed E-state index contributed by atoms with van der Waals surface area (Å²) >= 11 is 1.50. The van der Waals surface area contributed by atoms with E-state index in [1.807, 2.05) is 0 Å². The molecule has 18 heavy (non-hydrogen) atoms. The first kappa shape index (κ1) is 12.3. The summed E-state index contributed by atoms with van der Waals surface area (Å²) in [5.41, 5.74) is 0. The van der Waals surface area contributed by atoms with Crippen LogP contribution in [0.4, 0.5) is 5.13 Å². The van der Waals surface area contributed by atoms with E-state index in [4.69, 9.17) is 0 Å². The summed E-state index contributed by atoms with van der Waals surface area (Å²) in [5.74, 6) is 1.71. The molecule has 1 aromatic heterocycles. The number of hydrogen-bond acceptors (Lipinski definition) is 6. The molecular weight excluding hydrogens is 246 g/mol. The molecule has 5 nitrogen and oxygen atoms in total. The normalized spacial score (nSPS) is 26.4. The zero-order valence-electron chi connectivity index (χ0n) is 11.1. The Morgan fingerprint density at radius 1 is 1.33 bits per heavy atom. The molecule has 2 heterocycles. The zero-order valence-corrected chi connectivity index (χ0v) is 11.9. The van der Waals surface area contributed by atoms with Gasteiger partial charge in [0, 0.05) is 49.7 Å². The lowest BCUT2D eigenvalue weighted by Crippen LogP contribution is -2.52. The van der Waals surface area contributed by atoms with E-state index in [9.17, 15) is 0 Å². The number of hydrogen-bond donors (Lipinski definition) is 1. The largest absolute Gasteiger partial charge is 0.359 e. The van der Waals surface area contributed by atoms with Gasteiger partial charge in [-0.05, 0) is 26.9 Å². The molecule has 1 aliphatic heterocycles. The second-order valence-electron chi connectivity index (χ2n) is 5.51. The molecule has 1 N–H and O–H groups in total. The first-order valence-electron chi connectivity index (χ1n) is 6.68. The molecule has 0 spiro atoms. The molecule has 1 saturated carbocycles. The van der Waals surface area contributed by atoms with Crippen molar-refractivity contribution >= 4 is 16.7 Å². The Balaban J connectivity index is 1.52. The predicted molar refractivity (Wildman–Crippen MR) is 74.3 cm³/mol. The lowest BCUT2D eigenvalue weighted by molar-refractivity contribution is 0.122. The number of piperazine rings is 1. The highest BCUT2D eigenvalue weighted by atomic mass is 32.1. The standard InChI is InChI=1S/C12H21N5S/c1-16-5-6-17(2)10(8-16)7-13-12-14-11(15-18-12)9-3-4-9/h9-10H,3-8H2,1-2H3,(H,13,14,15). The minimum atomic E-state index is 0.567. The number of likely N-dealkylation sites (N-methyl/N-ethyl adjacent to an activating group) is 2. The monoisotopic (exact) mass is 267 g/mol. The smallest absolute Gasteiger partial charge is 0.202 e. The summed E-state index contributed by atoms with van der Waals surface area (Å²) in [6.07, 6.45) is 2.54. The molecule has 1 aliphatic carbocycles. The third-order valence-electron chi connectivity index (χ3n) is 3.85. The van der Waals surface area contributed by atoms with Crippen LogP contribution in [0.2, 0.25) is 0 Å². The van der Waals surface area contributed by atoms with Gasteiger partial charge in [0.25, 0.3) is 0 Å². The molecular formula is C12H21N5S. The summed E-state index contributed by atoms with van der Waals surface area (Å²) in [6, 6.07) is 0.567. The van der Waals surface area contributed by atoms with Gasteiger partial charge < -0.3 is 10.2 Å². The number of aromatic nitrogens is 2. The molecule has 0 aromatic carbocycles. The minimum Gasteiger partial charge on any atom is -0.359 e. The SMILES string of the molecule is CN1CCN(C)C(CNc2nc(C3CC3)ns2)C1. The average Bonchev–Trinajstić information content (AvgIpc) is 3.10. The highest BCUT2D eigenvalue weighted by Crippen LogP contribution is 2.39. The molecule has 1 saturated heterocycles. The van der Waals surface area contributed by atoms with Crippen LogP contribution in [0.25, 0.3) is 0 Å². The van der Waals surface area contributed by atoms with Crippen molar-refractivity contribution in [1.82, 2.24) is 19.2 Å². The molecule has 3 rings (SSSR count). The van der Waals surface area contributed by atoms with Crippen molar-refractivity contribution in [1.29, 1.82) is 0 Å². The van der Waals surface area contributed by atoms with E-state index in [0.717, 1.165) is 37.1 Å². The lowest BCUT2D eigenvalue weighted by atomic mass is 10.2. The highest BCUT2D eigenvalue weighted by Gasteiger charge is 2.28. The molecule has 2 aliphatic rings. The molecule has 0 bridgehead atoms. The van der Waals surface area contributed by atoms with Crippen LogP contribution in [0, 0.1) is 0 Å². The Labute approximate surface area is 112 Å². The van der Waals surface area contributed by atoms with Gasteiger partial charge in [-0.15, -0.1) is 0 Å². The van der Waals surface area contributed by atoms with Gasteiger partial charge in [-0.3, -0.25) is 4.90 Å². The van der Waals surface area contributed by atoms with E-state index < -0.39 is 0 Å². The number of rotatable bonds is 4. The van der Waals surface area contributed by atoms with Gasteiger partial charge in [-0.1, -0.05) is 0 Å². The molecule has 6 heteroatoms. The van der Waals surface area contributed by atoms with Crippen LogP contribution >= 0.6 is 11.5 Å². The van der Waals surface area contributed by atoms with Crippen LogP contribution in [-0.2, 0) is 0 Å². The summed E-state index contributed by atoms with van der Waals surface area (Å²) in [5, 5.41) is 4.43. The van der Waals surface area contributed by atoms with Gasteiger partial charge in [0.05, 0.1) is 0 Å². The molecule has 0 radical (unpaired) electrons. The summed E-state index contributed by atoms with van der Waals surface area (Å²) in [4.78, 5) is 9.38. The Kier molecular flexibility index (Phi) is 3.50. The van der Waals surface area contributed by atoms with Gasteiger partial charge in [-0.2, -0.15) is 4.37 Å². The molecule has 0 amide bonds. The van der Waals surface area contributed by atoms with Crippen LogP contribution in [0.5, 0.6) is 0 Å². The van der Waals surface area contributed by atoms with Crippen LogP contribution in [-0.4, -0.2) is 65.5 Å². The predicted octanol–water partition coefficient (Wildman–Crippen LogP) is 1.07. The molecule has 1 unspecified atom stereocenters. The van der Waals surface area contributed by atoms with E-state index in [1.54, 1.807) is 0 Å². The van der Waals surface area contributed by atoms with E-state index in [0.29, 0.717) is 12.0 Å². The quantitative estimate of drug-likeness (QED) is 0.884. The summed E-state index contributed by atoms with van der Waals surface area (Å²) < 4.78 is 4.42. The molecule has 100 valence electrons. The number of anilines is 1. The van der Waals surface area contributed by atoms with Gasteiger partial charge in [-0.25, -0.2) is 4.98 Å². The third kappa shape index (κ3) is 2.81. The van der Waals surface area contributed by atoms with Gasteiger partial charge in [0.1, 0.15) is 5.82 Å². The van der Waals surface area contributed by atoms with Crippen molar-refractivity contribution in [3.8, 4) is 0 Å². The van der Waals surface area contributed by atoms with Gasteiger partial charge in [0.15, 0.2) is 0 Å². The Bertz CT molecular complexity index is 403. The maximum atomic E-state index is 4.56. The van der Waals surface area contributed by atoms with Crippen LogP contribution in [0.1, 0.15) is 24.6 Å². The highest BCUT2D eigenvalue weighted by molar-refractivity contribution is 7.09. The Morgan fingerprint density at radius 3 is 2.94 bits per heavy atom. The second kappa shape index (κ2) is 5.11. The summed E-state index contributed by atoms with van der Waals surface area (Å²) in [6.45, 7) is 4.39. The fraction of sp³-hybridized carbons (Fsp3) is 0.833. The Morgan fingerprint density at radius 2 is 2.17 bits per heavy atom. The van der Waals surface area contributed by atoms with E-state index >= 15 is 0 Å². The maximum Gasteiger partial charge on any atom is 0.202 e. The number of nitrogens with zero attached hydrogens (tertiary/aromatic N) is 4. The van der Waals surface area contributed by atoms with Gasteiger partial charge in [0.2, 0.25) is 5.13 Å². The summed E-state index contributed by atoms with van der Waals surface area (Å²) in [7, 11) is 4.39. The third-order valence-corrected chi connectivity index (χ3v) is 4.54. The van der Waals surface area contributed by atoms with Crippen LogP contribution in [0.3, 0.4) is 0 Å². The second-order valence-corrected chi connectivity index (χ2v) is 6.26.